The largest absolute Gasteiger partial charge is 0.351 e. The van der Waals surface area contributed by atoms with Crippen molar-refractivity contribution in [3.05, 3.63) is 33.8 Å². The van der Waals surface area contributed by atoms with Gasteiger partial charge in [0.25, 0.3) is 0 Å². The molecule has 1 amide bonds. The summed E-state index contributed by atoms with van der Waals surface area (Å²) in [4.78, 5) is 11.4. The highest BCUT2D eigenvalue weighted by molar-refractivity contribution is 8.00. The highest BCUT2D eigenvalue weighted by Gasteiger charge is 2.04. The number of carbonyl (C=O) groups excluding carboxylic acids is 1. The van der Waals surface area contributed by atoms with Gasteiger partial charge in [-0.3, -0.25) is 4.79 Å². The number of nitriles is 1. The predicted molar refractivity (Wildman–Crippen MR) is 71.2 cm³/mol. The maximum Gasteiger partial charge on any atom is 0.230 e. The summed E-state index contributed by atoms with van der Waals surface area (Å²) in [7, 11) is 0. The second-order valence-corrected chi connectivity index (χ2v) is 4.99. The Kier molecular flexibility index (Phi) is 6.20. The summed E-state index contributed by atoms with van der Waals surface area (Å²) < 4.78 is 0. The number of amides is 1. The molecule has 0 aliphatic heterocycles. The SMILES string of the molecule is N#CCSCC(=O)NCc1ccc(Cl)cc1Cl. The zero-order chi connectivity index (χ0) is 12.7. The van der Waals surface area contributed by atoms with Gasteiger partial charge in [0.2, 0.25) is 5.91 Å². The van der Waals surface area contributed by atoms with Crippen molar-refractivity contribution in [2.75, 3.05) is 11.5 Å². The minimum Gasteiger partial charge on any atom is -0.351 e. The van der Waals surface area contributed by atoms with Crippen LogP contribution in [0.1, 0.15) is 5.56 Å². The maximum atomic E-state index is 11.4. The second kappa shape index (κ2) is 7.44. The Morgan fingerprint density at radius 1 is 1.47 bits per heavy atom. The molecule has 1 rings (SSSR count). The number of nitrogens with zero attached hydrogens (tertiary/aromatic N) is 1. The summed E-state index contributed by atoms with van der Waals surface area (Å²) in [6.45, 7) is 0.363. The van der Waals surface area contributed by atoms with Crippen molar-refractivity contribution >= 4 is 40.9 Å². The van der Waals surface area contributed by atoms with Crippen LogP contribution in [0.15, 0.2) is 18.2 Å². The van der Waals surface area contributed by atoms with E-state index in [9.17, 15) is 4.79 Å². The van der Waals surface area contributed by atoms with Gasteiger partial charge in [-0.25, -0.2) is 0 Å². The summed E-state index contributed by atoms with van der Waals surface area (Å²) in [5.74, 6) is 0.477. The number of halogens is 2. The number of carbonyl (C=O) groups is 1. The molecule has 0 atom stereocenters. The quantitative estimate of drug-likeness (QED) is 0.848. The second-order valence-electron chi connectivity index (χ2n) is 3.16. The summed E-state index contributed by atoms with van der Waals surface area (Å²) in [5.41, 5.74) is 0.815. The van der Waals surface area contributed by atoms with Gasteiger partial charge in [-0.05, 0) is 17.7 Å². The van der Waals surface area contributed by atoms with E-state index < -0.39 is 0 Å². The fraction of sp³-hybridized carbons (Fsp3) is 0.273. The third kappa shape index (κ3) is 5.31. The Hall–Kier alpha value is -0.890. The van der Waals surface area contributed by atoms with E-state index in [0.717, 1.165) is 5.56 Å². The molecule has 0 aliphatic carbocycles. The molecule has 0 aliphatic rings. The van der Waals surface area contributed by atoms with E-state index in [4.69, 9.17) is 28.5 Å². The first-order chi connectivity index (χ1) is 8.13. The van der Waals surface area contributed by atoms with Crippen LogP contribution in [0.2, 0.25) is 10.0 Å². The lowest BCUT2D eigenvalue weighted by molar-refractivity contribution is -0.118. The lowest BCUT2D eigenvalue weighted by atomic mass is 10.2. The highest BCUT2D eigenvalue weighted by Crippen LogP contribution is 2.20. The van der Waals surface area contributed by atoms with Gasteiger partial charge in [-0.2, -0.15) is 5.26 Å². The smallest absolute Gasteiger partial charge is 0.230 e. The molecule has 6 heteroatoms. The van der Waals surface area contributed by atoms with Crippen LogP contribution in [-0.4, -0.2) is 17.4 Å². The Balaban J connectivity index is 2.40. The molecule has 0 saturated carbocycles. The van der Waals surface area contributed by atoms with E-state index in [1.807, 2.05) is 6.07 Å². The van der Waals surface area contributed by atoms with E-state index in [1.54, 1.807) is 18.2 Å². The lowest BCUT2D eigenvalue weighted by Gasteiger charge is -2.06. The third-order valence-corrected chi connectivity index (χ3v) is 3.28. The molecule has 90 valence electrons. The zero-order valence-electron chi connectivity index (χ0n) is 8.87. The predicted octanol–water partition coefficient (Wildman–Crippen LogP) is 2.87. The van der Waals surface area contributed by atoms with Crippen molar-refractivity contribution < 1.29 is 4.79 Å². The van der Waals surface area contributed by atoms with Crippen LogP contribution >= 0.6 is 35.0 Å². The fourth-order valence-corrected chi connectivity index (χ4v) is 2.06. The first-order valence-corrected chi connectivity index (χ1v) is 6.70. The average Bonchev–Trinajstić information content (AvgIpc) is 2.28. The molecule has 0 saturated heterocycles. The lowest BCUT2D eigenvalue weighted by Crippen LogP contribution is -2.24. The van der Waals surface area contributed by atoms with Crippen LogP contribution in [0.25, 0.3) is 0 Å². The summed E-state index contributed by atoms with van der Waals surface area (Å²) in [6.07, 6.45) is 0. The molecule has 1 N–H and O–H groups in total. The topological polar surface area (TPSA) is 52.9 Å². The molecule has 1 aromatic rings. The molecule has 0 aromatic heterocycles. The maximum absolute atomic E-state index is 11.4. The molecule has 1 aromatic carbocycles. The number of benzene rings is 1. The Morgan fingerprint density at radius 3 is 2.88 bits per heavy atom. The fourth-order valence-electron chi connectivity index (χ4n) is 1.10. The summed E-state index contributed by atoms with van der Waals surface area (Å²) in [5, 5.41) is 12.1. The van der Waals surface area contributed by atoms with Gasteiger partial charge in [0, 0.05) is 16.6 Å². The number of hydrogen-bond donors (Lipinski definition) is 1. The number of nitrogens with one attached hydrogen (secondary N) is 1. The van der Waals surface area contributed by atoms with Crippen LogP contribution in [-0.2, 0) is 11.3 Å². The van der Waals surface area contributed by atoms with Crippen molar-refractivity contribution in [1.29, 1.82) is 5.26 Å². The van der Waals surface area contributed by atoms with Crippen LogP contribution in [0.4, 0.5) is 0 Å². The van der Waals surface area contributed by atoms with Crippen LogP contribution in [0.3, 0.4) is 0 Å². The van der Waals surface area contributed by atoms with E-state index in [2.05, 4.69) is 5.32 Å². The minimum atomic E-state index is -0.115. The molecule has 3 nitrogen and oxygen atoms in total. The zero-order valence-corrected chi connectivity index (χ0v) is 11.2. The van der Waals surface area contributed by atoms with Gasteiger partial charge in [-0.1, -0.05) is 29.3 Å². The van der Waals surface area contributed by atoms with Crippen molar-refractivity contribution in [2.24, 2.45) is 0 Å². The van der Waals surface area contributed by atoms with Gasteiger partial charge >= 0.3 is 0 Å². The number of hydrogen-bond acceptors (Lipinski definition) is 3. The standard InChI is InChI=1S/C11H10Cl2N2OS/c12-9-2-1-8(10(13)5-9)6-15-11(16)7-17-4-3-14/h1-2,5H,4,6-7H2,(H,15,16). The van der Waals surface area contributed by atoms with Crippen LogP contribution < -0.4 is 5.32 Å². The first kappa shape index (κ1) is 14.2. The van der Waals surface area contributed by atoms with Gasteiger partial charge in [-0.15, -0.1) is 11.8 Å². The molecule has 0 radical (unpaired) electrons. The molecule has 0 spiro atoms. The minimum absolute atomic E-state index is 0.115. The van der Waals surface area contributed by atoms with E-state index in [0.29, 0.717) is 22.3 Å². The highest BCUT2D eigenvalue weighted by atomic mass is 35.5. The third-order valence-electron chi connectivity index (χ3n) is 1.89. The van der Waals surface area contributed by atoms with E-state index >= 15 is 0 Å². The average molecular weight is 289 g/mol. The van der Waals surface area contributed by atoms with Gasteiger partial charge in [0.05, 0.1) is 17.6 Å². The number of thioether (sulfide) groups is 1. The Bertz CT molecular complexity index is 446. The van der Waals surface area contributed by atoms with Gasteiger partial charge < -0.3 is 5.32 Å². The van der Waals surface area contributed by atoms with Crippen molar-refractivity contribution in [3.8, 4) is 6.07 Å². The monoisotopic (exact) mass is 288 g/mol. The molecule has 0 fully saturated rings. The molecule has 0 heterocycles. The van der Waals surface area contributed by atoms with E-state index in [-0.39, 0.29) is 11.7 Å². The Labute approximate surface area is 114 Å². The molecular weight excluding hydrogens is 279 g/mol. The van der Waals surface area contributed by atoms with Crippen molar-refractivity contribution in [1.82, 2.24) is 5.32 Å². The molecule has 0 unspecified atom stereocenters. The molecular formula is C11H10Cl2N2OS. The summed E-state index contributed by atoms with van der Waals surface area (Å²) >= 11 is 13.0. The normalized spacial score (nSPS) is 9.71. The first-order valence-electron chi connectivity index (χ1n) is 4.79. The summed E-state index contributed by atoms with van der Waals surface area (Å²) in [6, 6.07) is 7.09. The molecule has 0 bridgehead atoms. The van der Waals surface area contributed by atoms with Crippen LogP contribution in [0.5, 0.6) is 0 Å². The van der Waals surface area contributed by atoms with E-state index in [1.165, 1.54) is 11.8 Å². The van der Waals surface area contributed by atoms with Gasteiger partial charge in [0.1, 0.15) is 0 Å². The van der Waals surface area contributed by atoms with Crippen molar-refractivity contribution in [3.63, 3.8) is 0 Å². The Morgan fingerprint density at radius 2 is 2.24 bits per heavy atom. The number of rotatable bonds is 5. The van der Waals surface area contributed by atoms with Gasteiger partial charge in [0.15, 0.2) is 0 Å². The van der Waals surface area contributed by atoms with Crippen molar-refractivity contribution in [2.45, 2.75) is 6.54 Å². The molecule has 17 heavy (non-hydrogen) atoms. The van der Waals surface area contributed by atoms with Crippen LogP contribution in [0, 0.1) is 11.3 Å².